The Morgan fingerprint density at radius 1 is 1.37 bits per heavy atom. The van der Waals surface area contributed by atoms with Crippen molar-refractivity contribution >= 4 is 33.3 Å². The molecule has 0 unspecified atom stereocenters. The van der Waals surface area contributed by atoms with Gasteiger partial charge >= 0.3 is 0 Å². The molecule has 0 bridgehead atoms. The molecule has 0 aromatic carbocycles. The molecule has 3 aromatic heterocycles. The third kappa shape index (κ3) is 2.39. The number of nitrogens with one attached hydrogen (secondary N) is 2. The second kappa shape index (κ2) is 4.89. The van der Waals surface area contributed by atoms with Crippen LogP contribution in [0.2, 0.25) is 0 Å². The maximum Gasteiger partial charge on any atom is 0.225 e. The average molecular weight is 274 g/mol. The number of thiophene rings is 1. The molecule has 0 fully saturated rings. The van der Waals surface area contributed by atoms with Crippen molar-refractivity contribution in [3.63, 3.8) is 0 Å². The minimum atomic E-state index is 0.629. The summed E-state index contributed by atoms with van der Waals surface area (Å²) >= 11 is 1.67. The van der Waals surface area contributed by atoms with Gasteiger partial charge in [-0.05, 0) is 19.1 Å². The summed E-state index contributed by atoms with van der Waals surface area (Å²) in [6, 6.07) is 4.04. The average Bonchev–Trinajstić information content (AvgIpc) is 3.03. The van der Waals surface area contributed by atoms with Crippen molar-refractivity contribution in [1.82, 2.24) is 9.97 Å². The highest BCUT2D eigenvalue weighted by Gasteiger charge is 2.10. The van der Waals surface area contributed by atoms with Crippen LogP contribution in [0.5, 0.6) is 0 Å². The molecular formula is C13H14N4OS. The molecule has 0 spiro atoms. The predicted octanol–water partition coefficient (Wildman–Crippen LogP) is 3.25. The van der Waals surface area contributed by atoms with Gasteiger partial charge in [0.25, 0.3) is 0 Å². The summed E-state index contributed by atoms with van der Waals surface area (Å²) in [6.45, 7) is 2.76. The lowest BCUT2D eigenvalue weighted by Gasteiger charge is -2.07. The molecule has 0 saturated carbocycles. The van der Waals surface area contributed by atoms with Crippen LogP contribution in [0.1, 0.15) is 10.4 Å². The molecule has 3 heterocycles. The first-order chi connectivity index (χ1) is 9.26. The summed E-state index contributed by atoms with van der Waals surface area (Å²) in [7, 11) is 1.82. The normalized spacial score (nSPS) is 10.8. The van der Waals surface area contributed by atoms with Gasteiger partial charge in [-0.15, -0.1) is 11.3 Å². The van der Waals surface area contributed by atoms with Gasteiger partial charge in [-0.25, -0.2) is 4.98 Å². The largest absolute Gasteiger partial charge is 0.472 e. The monoisotopic (exact) mass is 274 g/mol. The van der Waals surface area contributed by atoms with Gasteiger partial charge < -0.3 is 15.1 Å². The highest BCUT2D eigenvalue weighted by atomic mass is 32.1. The minimum Gasteiger partial charge on any atom is -0.472 e. The number of anilines is 2. The predicted molar refractivity (Wildman–Crippen MR) is 77.7 cm³/mol. The lowest BCUT2D eigenvalue weighted by atomic mass is 10.3. The SMILES string of the molecule is CNc1nc(NCc2ccoc2)c2cc(C)sc2n1. The molecule has 6 heteroatoms. The van der Waals surface area contributed by atoms with Gasteiger partial charge in [0, 0.05) is 24.0 Å². The third-order valence-electron chi connectivity index (χ3n) is 2.78. The Morgan fingerprint density at radius 2 is 2.26 bits per heavy atom. The number of aryl methyl sites for hydroxylation is 1. The number of aromatic nitrogens is 2. The molecule has 98 valence electrons. The van der Waals surface area contributed by atoms with E-state index >= 15 is 0 Å². The minimum absolute atomic E-state index is 0.629. The molecule has 0 aliphatic rings. The van der Waals surface area contributed by atoms with Crippen molar-refractivity contribution in [2.45, 2.75) is 13.5 Å². The molecule has 0 radical (unpaired) electrons. The smallest absolute Gasteiger partial charge is 0.225 e. The van der Waals surface area contributed by atoms with E-state index in [9.17, 15) is 0 Å². The van der Waals surface area contributed by atoms with E-state index in [1.807, 2.05) is 13.1 Å². The van der Waals surface area contributed by atoms with Crippen LogP contribution in [-0.2, 0) is 6.54 Å². The van der Waals surface area contributed by atoms with E-state index in [0.717, 1.165) is 21.6 Å². The fraction of sp³-hybridized carbons (Fsp3) is 0.231. The molecule has 3 rings (SSSR count). The third-order valence-corrected chi connectivity index (χ3v) is 3.72. The van der Waals surface area contributed by atoms with Crippen molar-refractivity contribution in [1.29, 1.82) is 0 Å². The molecule has 5 nitrogen and oxygen atoms in total. The zero-order chi connectivity index (χ0) is 13.2. The standard InChI is InChI=1S/C13H14N4OS/c1-8-5-10-11(15-6-9-3-4-18-7-9)16-13(14-2)17-12(10)19-8/h3-5,7H,6H2,1-2H3,(H2,14,15,16,17). The maximum absolute atomic E-state index is 5.06. The lowest BCUT2D eigenvalue weighted by Crippen LogP contribution is -2.04. The quantitative estimate of drug-likeness (QED) is 0.764. The van der Waals surface area contributed by atoms with Gasteiger partial charge in [0.2, 0.25) is 5.95 Å². The van der Waals surface area contributed by atoms with Crippen molar-refractivity contribution in [2.24, 2.45) is 0 Å². The number of fused-ring (bicyclic) bond motifs is 1. The first-order valence-corrected chi connectivity index (χ1v) is 6.79. The Bertz CT molecular complexity index is 690. The number of hydrogen-bond donors (Lipinski definition) is 2. The Kier molecular flexibility index (Phi) is 3.08. The van der Waals surface area contributed by atoms with E-state index in [0.29, 0.717) is 12.5 Å². The van der Waals surface area contributed by atoms with E-state index in [4.69, 9.17) is 4.42 Å². The zero-order valence-electron chi connectivity index (χ0n) is 10.7. The fourth-order valence-electron chi connectivity index (χ4n) is 1.87. The van der Waals surface area contributed by atoms with Gasteiger partial charge in [0.1, 0.15) is 10.6 Å². The summed E-state index contributed by atoms with van der Waals surface area (Å²) in [5.41, 5.74) is 1.09. The molecule has 3 aromatic rings. The number of furan rings is 1. The van der Waals surface area contributed by atoms with Crippen molar-refractivity contribution < 1.29 is 4.42 Å². The molecule has 0 aliphatic heterocycles. The second-order valence-corrected chi connectivity index (χ2v) is 5.44. The van der Waals surface area contributed by atoms with Crippen molar-refractivity contribution in [3.8, 4) is 0 Å². The van der Waals surface area contributed by atoms with Crippen LogP contribution < -0.4 is 10.6 Å². The van der Waals surface area contributed by atoms with Crippen LogP contribution in [0.25, 0.3) is 10.2 Å². The van der Waals surface area contributed by atoms with Crippen LogP contribution in [0.3, 0.4) is 0 Å². The van der Waals surface area contributed by atoms with E-state index in [1.165, 1.54) is 4.88 Å². The molecule has 19 heavy (non-hydrogen) atoms. The van der Waals surface area contributed by atoms with E-state index in [-0.39, 0.29) is 0 Å². The van der Waals surface area contributed by atoms with Gasteiger partial charge in [-0.2, -0.15) is 4.98 Å². The van der Waals surface area contributed by atoms with Gasteiger partial charge in [-0.3, -0.25) is 0 Å². The van der Waals surface area contributed by atoms with Crippen LogP contribution in [-0.4, -0.2) is 17.0 Å². The zero-order valence-corrected chi connectivity index (χ0v) is 11.5. The van der Waals surface area contributed by atoms with E-state index in [2.05, 4.69) is 33.6 Å². The van der Waals surface area contributed by atoms with E-state index < -0.39 is 0 Å². The summed E-state index contributed by atoms with van der Waals surface area (Å²) in [4.78, 5) is 11.2. The number of nitrogens with zero attached hydrogens (tertiary/aromatic N) is 2. The van der Waals surface area contributed by atoms with E-state index in [1.54, 1.807) is 23.9 Å². The maximum atomic E-state index is 5.06. The second-order valence-electron chi connectivity index (χ2n) is 4.21. The Hall–Kier alpha value is -2.08. The molecule has 2 N–H and O–H groups in total. The molecule has 0 saturated heterocycles. The number of rotatable bonds is 4. The fourth-order valence-corrected chi connectivity index (χ4v) is 2.75. The first kappa shape index (κ1) is 12.0. The highest BCUT2D eigenvalue weighted by Crippen LogP contribution is 2.29. The molecule has 0 aliphatic carbocycles. The molecule has 0 amide bonds. The highest BCUT2D eigenvalue weighted by molar-refractivity contribution is 7.18. The van der Waals surface area contributed by atoms with Crippen LogP contribution in [0, 0.1) is 6.92 Å². The van der Waals surface area contributed by atoms with Crippen LogP contribution >= 0.6 is 11.3 Å². The summed E-state index contributed by atoms with van der Waals surface area (Å²) < 4.78 is 5.06. The Balaban J connectivity index is 1.96. The summed E-state index contributed by atoms with van der Waals surface area (Å²) in [5, 5.41) is 7.38. The summed E-state index contributed by atoms with van der Waals surface area (Å²) in [5.74, 6) is 1.48. The van der Waals surface area contributed by atoms with Gasteiger partial charge in [-0.1, -0.05) is 0 Å². The Labute approximate surface area is 114 Å². The van der Waals surface area contributed by atoms with Crippen LogP contribution in [0.4, 0.5) is 11.8 Å². The van der Waals surface area contributed by atoms with Gasteiger partial charge in [0.15, 0.2) is 0 Å². The van der Waals surface area contributed by atoms with Crippen LogP contribution in [0.15, 0.2) is 29.1 Å². The Morgan fingerprint density at radius 3 is 3.00 bits per heavy atom. The lowest BCUT2D eigenvalue weighted by molar-refractivity contribution is 0.564. The van der Waals surface area contributed by atoms with Crippen molar-refractivity contribution in [2.75, 3.05) is 17.7 Å². The summed E-state index contributed by atoms with van der Waals surface area (Å²) in [6.07, 6.45) is 3.39. The first-order valence-electron chi connectivity index (χ1n) is 5.97. The van der Waals surface area contributed by atoms with Gasteiger partial charge in [0.05, 0.1) is 17.9 Å². The molecular weight excluding hydrogens is 260 g/mol. The van der Waals surface area contributed by atoms with Crippen molar-refractivity contribution in [3.05, 3.63) is 35.1 Å². The molecule has 0 atom stereocenters. The number of hydrogen-bond acceptors (Lipinski definition) is 6. The topological polar surface area (TPSA) is 63.0 Å².